The van der Waals surface area contributed by atoms with Crippen LogP contribution >= 0.6 is 0 Å². The Labute approximate surface area is 115 Å². The predicted molar refractivity (Wildman–Crippen MR) is 72.0 cm³/mol. The van der Waals surface area contributed by atoms with E-state index >= 15 is 0 Å². The van der Waals surface area contributed by atoms with Gasteiger partial charge in [-0.05, 0) is 35.4 Å². The molecule has 1 aromatic carbocycles. The number of nitrogens with zero attached hydrogens (tertiary/aromatic N) is 4. The molecule has 1 heterocycles. The smallest absolute Gasteiger partial charge is 0.325 e. The lowest BCUT2D eigenvalue weighted by Crippen LogP contribution is -2.14. The van der Waals surface area contributed by atoms with Gasteiger partial charge in [0, 0.05) is 11.3 Å². The number of esters is 1. The van der Waals surface area contributed by atoms with Gasteiger partial charge in [-0.2, -0.15) is 0 Å². The zero-order valence-electron chi connectivity index (χ0n) is 11.1. The van der Waals surface area contributed by atoms with E-state index in [0.29, 0.717) is 6.04 Å². The van der Waals surface area contributed by atoms with Crippen LogP contribution in [0.15, 0.2) is 24.3 Å². The first-order valence-corrected chi connectivity index (χ1v) is 6.47. The van der Waals surface area contributed by atoms with Crippen molar-refractivity contribution in [3.05, 3.63) is 24.3 Å². The average Bonchev–Trinajstić information content (AvgIpc) is 3.22. The number of benzene rings is 1. The molecule has 0 atom stereocenters. The first-order chi connectivity index (χ1) is 9.78. The van der Waals surface area contributed by atoms with Gasteiger partial charge in [0.15, 0.2) is 5.82 Å². The highest BCUT2D eigenvalue weighted by Crippen LogP contribution is 2.36. The lowest BCUT2D eigenvalue weighted by Gasteiger charge is -2.07. The third-order valence-corrected chi connectivity index (χ3v) is 3.17. The Kier molecular flexibility index (Phi) is 3.32. The second-order valence-electron chi connectivity index (χ2n) is 4.69. The van der Waals surface area contributed by atoms with Gasteiger partial charge in [0.1, 0.15) is 6.54 Å². The van der Waals surface area contributed by atoms with Gasteiger partial charge in [-0.15, -0.1) is 5.10 Å². The van der Waals surface area contributed by atoms with Crippen molar-refractivity contribution in [2.75, 3.05) is 19.0 Å². The first kappa shape index (κ1) is 12.6. The molecule has 2 aromatic rings. The van der Waals surface area contributed by atoms with Crippen LogP contribution in [0.5, 0.6) is 0 Å². The zero-order chi connectivity index (χ0) is 13.9. The fourth-order valence-electron chi connectivity index (χ4n) is 1.96. The van der Waals surface area contributed by atoms with E-state index in [-0.39, 0.29) is 12.5 Å². The predicted octanol–water partition coefficient (Wildman–Crippen LogP) is 1.26. The first-order valence-electron chi connectivity index (χ1n) is 6.47. The summed E-state index contributed by atoms with van der Waals surface area (Å²) in [4.78, 5) is 11.1. The van der Waals surface area contributed by atoms with Gasteiger partial charge in [-0.1, -0.05) is 12.1 Å². The number of hydrogen-bond acceptors (Lipinski definition) is 6. The molecule has 1 fully saturated rings. The second-order valence-corrected chi connectivity index (χ2v) is 4.69. The summed E-state index contributed by atoms with van der Waals surface area (Å²) in [5, 5.41) is 14.9. The molecule has 0 unspecified atom stereocenters. The van der Waals surface area contributed by atoms with Crippen molar-refractivity contribution in [1.82, 2.24) is 20.2 Å². The molecule has 0 spiro atoms. The van der Waals surface area contributed by atoms with E-state index in [1.807, 2.05) is 28.9 Å². The fourth-order valence-corrected chi connectivity index (χ4v) is 1.96. The topological polar surface area (TPSA) is 81.9 Å². The van der Waals surface area contributed by atoms with E-state index in [1.165, 1.54) is 7.11 Å². The van der Waals surface area contributed by atoms with E-state index in [4.69, 9.17) is 0 Å². The van der Waals surface area contributed by atoms with Crippen LogP contribution in [0.4, 0.5) is 5.69 Å². The number of anilines is 1. The minimum atomic E-state index is -0.307. The van der Waals surface area contributed by atoms with Crippen LogP contribution in [-0.4, -0.2) is 39.8 Å². The van der Waals surface area contributed by atoms with E-state index < -0.39 is 0 Å². The lowest BCUT2D eigenvalue weighted by atomic mass is 10.2. The summed E-state index contributed by atoms with van der Waals surface area (Å²) in [6.07, 6.45) is 2.25. The van der Waals surface area contributed by atoms with Crippen LogP contribution in [0.25, 0.3) is 11.4 Å². The molecule has 0 amide bonds. The Balaban J connectivity index is 1.80. The Morgan fingerprint density at radius 2 is 2.35 bits per heavy atom. The third-order valence-electron chi connectivity index (χ3n) is 3.17. The van der Waals surface area contributed by atoms with Crippen molar-refractivity contribution in [2.45, 2.75) is 18.9 Å². The van der Waals surface area contributed by atoms with Gasteiger partial charge in [0.25, 0.3) is 0 Å². The van der Waals surface area contributed by atoms with E-state index in [1.54, 1.807) is 0 Å². The summed E-state index contributed by atoms with van der Waals surface area (Å²) in [6, 6.07) is 8.09. The van der Waals surface area contributed by atoms with E-state index in [2.05, 4.69) is 25.6 Å². The highest BCUT2D eigenvalue weighted by Gasteiger charge is 2.28. The summed E-state index contributed by atoms with van der Waals surface area (Å²) < 4.78 is 6.46. The average molecular weight is 273 g/mol. The Morgan fingerprint density at radius 3 is 3.10 bits per heavy atom. The van der Waals surface area contributed by atoms with Gasteiger partial charge < -0.3 is 10.1 Å². The quantitative estimate of drug-likeness (QED) is 0.826. The molecule has 104 valence electrons. The number of hydrogen-bond donors (Lipinski definition) is 1. The van der Waals surface area contributed by atoms with Crippen molar-refractivity contribution in [1.29, 1.82) is 0 Å². The number of rotatable bonds is 5. The van der Waals surface area contributed by atoms with Crippen molar-refractivity contribution in [3.8, 4) is 11.4 Å². The van der Waals surface area contributed by atoms with Crippen LogP contribution in [0.1, 0.15) is 18.9 Å². The molecule has 3 rings (SSSR count). The van der Waals surface area contributed by atoms with Crippen molar-refractivity contribution >= 4 is 11.7 Å². The minimum absolute atomic E-state index is 0.132. The molecule has 1 aliphatic carbocycles. The van der Waals surface area contributed by atoms with E-state index in [0.717, 1.165) is 29.9 Å². The molecule has 20 heavy (non-hydrogen) atoms. The van der Waals surface area contributed by atoms with Gasteiger partial charge >= 0.3 is 5.97 Å². The molecule has 1 N–H and O–H groups in total. The molecular weight excluding hydrogens is 258 g/mol. The van der Waals surface area contributed by atoms with Crippen molar-refractivity contribution in [2.24, 2.45) is 0 Å². The van der Waals surface area contributed by atoms with Crippen LogP contribution in [-0.2, 0) is 9.53 Å². The number of tetrazole rings is 1. The van der Waals surface area contributed by atoms with Crippen LogP contribution in [0.2, 0.25) is 0 Å². The monoisotopic (exact) mass is 273 g/mol. The SMILES string of the molecule is COC(=O)CNc1cccc(-c2nnnn2C2CC2)c1. The lowest BCUT2D eigenvalue weighted by molar-refractivity contribution is -0.138. The van der Waals surface area contributed by atoms with E-state index in [9.17, 15) is 4.79 Å². The van der Waals surface area contributed by atoms with Gasteiger partial charge in [-0.25, -0.2) is 4.68 Å². The summed E-state index contributed by atoms with van der Waals surface area (Å²) in [5.41, 5.74) is 1.76. The maximum absolute atomic E-state index is 11.1. The Hall–Kier alpha value is -2.44. The van der Waals surface area contributed by atoms with Crippen LogP contribution in [0.3, 0.4) is 0 Å². The maximum atomic E-state index is 11.1. The molecule has 1 aliphatic rings. The summed E-state index contributed by atoms with van der Waals surface area (Å²) in [7, 11) is 1.37. The molecule has 0 aliphatic heterocycles. The summed E-state index contributed by atoms with van der Waals surface area (Å²) in [6.45, 7) is 0.132. The summed E-state index contributed by atoms with van der Waals surface area (Å²) >= 11 is 0. The molecular formula is C13H15N5O2. The van der Waals surface area contributed by atoms with Gasteiger partial charge in [0.2, 0.25) is 0 Å². The molecule has 0 radical (unpaired) electrons. The molecule has 0 bridgehead atoms. The minimum Gasteiger partial charge on any atom is -0.468 e. The normalized spacial score (nSPS) is 14.1. The number of nitrogens with one attached hydrogen (secondary N) is 1. The maximum Gasteiger partial charge on any atom is 0.325 e. The van der Waals surface area contributed by atoms with Crippen molar-refractivity contribution < 1.29 is 9.53 Å². The summed E-state index contributed by atoms with van der Waals surface area (Å²) in [5.74, 6) is 0.451. The van der Waals surface area contributed by atoms with Crippen molar-refractivity contribution in [3.63, 3.8) is 0 Å². The molecule has 1 aromatic heterocycles. The highest BCUT2D eigenvalue weighted by molar-refractivity contribution is 5.75. The molecule has 7 heteroatoms. The number of methoxy groups -OCH3 is 1. The van der Waals surface area contributed by atoms with Gasteiger partial charge in [-0.3, -0.25) is 4.79 Å². The number of ether oxygens (including phenoxy) is 1. The Bertz CT molecular complexity index is 621. The standard InChI is InChI=1S/C13H15N5O2/c1-20-12(19)8-14-10-4-2-3-9(7-10)13-15-16-17-18(13)11-5-6-11/h2-4,7,11,14H,5-6,8H2,1H3. The largest absolute Gasteiger partial charge is 0.468 e. The zero-order valence-corrected chi connectivity index (χ0v) is 11.1. The van der Waals surface area contributed by atoms with Crippen LogP contribution in [0, 0.1) is 0 Å². The second kappa shape index (κ2) is 5.28. The van der Waals surface area contributed by atoms with Crippen LogP contribution < -0.4 is 5.32 Å². The fraction of sp³-hybridized carbons (Fsp3) is 0.385. The molecule has 1 saturated carbocycles. The van der Waals surface area contributed by atoms with Gasteiger partial charge in [0.05, 0.1) is 13.2 Å². The molecule has 7 nitrogen and oxygen atoms in total. The number of carbonyl (C=O) groups excluding carboxylic acids is 1. The number of aromatic nitrogens is 4. The Morgan fingerprint density at radius 1 is 1.50 bits per heavy atom. The molecule has 0 saturated heterocycles. The highest BCUT2D eigenvalue weighted by atomic mass is 16.5. The number of carbonyl (C=O) groups is 1. The third kappa shape index (κ3) is 2.61.